The average Bonchev–Trinajstić information content (AvgIpc) is 2.05. The number of nitrogens with zero attached hydrogens (tertiary/aromatic N) is 1. The zero-order valence-electron chi connectivity index (χ0n) is 6.04. The van der Waals surface area contributed by atoms with E-state index in [9.17, 15) is 0 Å². The first-order valence-electron chi connectivity index (χ1n) is 3.23. The van der Waals surface area contributed by atoms with Crippen molar-refractivity contribution in [3.8, 4) is 0 Å². The van der Waals surface area contributed by atoms with E-state index in [1.165, 1.54) is 0 Å². The molecule has 4 nitrogen and oxygen atoms in total. The largest absolute Gasteiger partial charge is 0.382 e. The second-order valence-electron chi connectivity index (χ2n) is 2.17. The van der Waals surface area contributed by atoms with Crippen LogP contribution in [0.1, 0.15) is 11.3 Å². The summed E-state index contributed by atoms with van der Waals surface area (Å²) < 4.78 is 0. The molecule has 4 heteroatoms. The lowest BCUT2D eigenvalue weighted by atomic mass is 10.2. The molecule has 0 aliphatic carbocycles. The number of hydrogen-bond acceptors (Lipinski definition) is 3. The monoisotopic (exact) mass is 150 g/mol. The van der Waals surface area contributed by atoms with Crippen molar-refractivity contribution in [1.82, 2.24) is 4.98 Å². The van der Waals surface area contributed by atoms with Crippen LogP contribution in [0.5, 0.6) is 0 Å². The van der Waals surface area contributed by atoms with E-state index in [4.69, 9.17) is 16.9 Å². The normalized spacial score (nSPS) is 9.55. The van der Waals surface area contributed by atoms with Gasteiger partial charge in [0.2, 0.25) is 0 Å². The summed E-state index contributed by atoms with van der Waals surface area (Å²) in [6.45, 7) is 0.463. The van der Waals surface area contributed by atoms with Crippen molar-refractivity contribution in [2.75, 3.05) is 0 Å². The summed E-state index contributed by atoms with van der Waals surface area (Å²) in [7, 11) is 0. The maximum absolute atomic E-state index is 7.05. The molecule has 0 aliphatic rings. The van der Waals surface area contributed by atoms with Crippen LogP contribution in [0.25, 0.3) is 0 Å². The van der Waals surface area contributed by atoms with E-state index in [0.717, 1.165) is 5.56 Å². The van der Waals surface area contributed by atoms with Crippen LogP contribution >= 0.6 is 0 Å². The van der Waals surface area contributed by atoms with Crippen LogP contribution in [-0.4, -0.2) is 10.8 Å². The van der Waals surface area contributed by atoms with E-state index in [1.54, 1.807) is 12.3 Å². The first-order chi connectivity index (χ1) is 5.24. The van der Waals surface area contributed by atoms with Crippen LogP contribution in [0.15, 0.2) is 18.3 Å². The quantitative estimate of drug-likeness (QED) is 0.403. The van der Waals surface area contributed by atoms with Gasteiger partial charge in [0.05, 0.1) is 0 Å². The third-order valence-corrected chi connectivity index (χ3v) is 1.34. The molecule has 0 spiro atoms. The molecular formula is C7H10N4. The highest BCUT2D eigenvalue weighted by Gasteiger charge is 1.95. The first kappa shape index (κ1) is 7.68. The molecule has 0 bridgehead atoms. The van der Waals surface area contributed by atoms with Crippen LogP contribution in [-0.2, 0) is 6.54 Å². The summed E-state index contributed by atoms with van der Waals surface area (Å²) >= 11 is 0. The Labute approximate surface area is 64.7 Å². The molecule has 11 heavy (non-hydrogen) atoms. The molecule has 0 radical (unpaired) electrons. The van der Waals surface area contributed by atoms with Gasteiger partial charge in [-0.05, 0) is 11.6 Å². The number of nitrogens with one attached hydrogen (secondary N) is 1. The van der Waals surface area contributed by atoms with Crippen LogP contribution in [0.3, 0.4) is 0 Å². The van der Waals surface area contributed by atoms with E-state index in [-0.39, 0.29) is 5.84 Å². The van der Waals surface area contributed by atoms with Gasteiger partial charge in [-0.2, -0.15) is 0 Å². The minimum Gasteiger partial charge on any atom is -0.382 e. The van der Waals surface area contributed by atoms with Gasteiger partial charge in [-0.3, -0.25) is 10.4 Å². The van der Waals surface area contributed by atoms with E-state index in [1.807, 2.05) is 6.07 Å². The Morgan fingerprint density at radius 2 is 2.27 bits per heavy atom. The molecule has 0 unspecified atom stereocenters. The van der Waals surface area contributed by atoms with Gasteiger partial charge in [-0.25, -0.2) is 0 Å². The van der Waals surface area contributed by atoms with Crippen molar-refractivity contribution in [1.29, 1.82) is 5.41 Å². The summed E-state index contributed by atoms with van der Waals surface area (Å²) in [4.78, 5) is 3.92. The number of nitrogens with two attached hydrogens (primary N) is 2. The molecular weight excluding hydrogens is 140 g/mol. The van der Waals surface area contributed by atoms with E-state index in [2.05, 4.69) is 4.98 Å². The number of hydrogen-bond donors (Lipinski definition) is 3. The molecule has 0 fully saturated rings. The molecule has 0 aliphatic heterocycles. The average molecular weight is 150 g/mol. The van der Waals surface area contributed by atoms with Gasteiger partial charge >= 0.3 is 0 Å². The number of rotatable bonds is 2. The maximum Gasteiger partial charge on any atom is 0.141 e. The third-order valence-electron chi connectivity index (χ3n) is 1.34. The predicted octanol–water partition coefficient (Wildman–Crippen LogP) is -0.176. The summed E-state index contributed by atoms with van der Waals surface area (Å²) in [5.74, 6) is -0.0198. The Bertz CT molecular complexity index is 252. The van der Waals surface area contributed by atoms with Crippen molar-refractivity contribution in [2.45, 2.75) is 6.54 Å². The molecule has 1 aromatic rings. The fourth-order valence-corrected chi connectivity index (χ4v) is 0.705. The molecule has 1 rings (SSSR count). The van der Waals surface area contributed by atoms with Crippen molar-refractivity contribution in [2.24, 2.45) is 11.5 Å². The van der Waals surface area contributed by atoms with Crippen LogP contribution in [0.2, 0.25) is 0 Å². The second-order valence-corrected chi connectivity index (χ2v) is 2.17. The molecule has 5 N–H and O–H groups in total. The molecule has 1 aromatic heterocycles. The predicted molar refractivity (Wildman–Crippen MR) is 43.1 cm³/mol. The standard InChI is InChI=1S/C7H10N4/c8-3-5-1-2-6(7(9)10)11-4-5/h1-2,4H,3,8H2,(H3,9,10). The number of amidine groups is 1. The summed E-state index contributed by atoms with van der Waals surface area (Å²) in [6.07, 6.45) is 1.62. The molecule has 58 valence electrons. The fourth-order valence-electron chi connectivity index (χ4n) is 0.705. The summed E-state index contributed by atoms with van der Waals surface area (Å²) in [5.41, 5.74) is 12.0. The van der Waals surface area contributed by atoms with E-state index >= 15 is 0 Å². The van der Waals surface area contributed by atoms with Crippen molar-refractivity contribution in [3.63, 3.8) is 0 Å². The fraction of sp³-hybridized carbons (Fsp3) is 0.143. The Balaban J connectivity index is 2.91. The van der Waals surface area contributed by atoms with Gasteiger partial charge in [0.1, 0.15) is 11.5 Å². The number of aromatic nitrogens is 1. The van der Waals surface area contributed by atoms with Gasteiger partial charge in [-0.1, -0.05) is 6.07 Å². The van der Waals surface area contributed by atoms with E-state index in [0.29, 0.717) is 12.2 Å². The topological polar surface area (TPSA) is 88.8 Å². The molecule has 0 saturated heterocycles. The zero-order chi connectivity index (χ0) is 8.27. The van der Waals surface area contributed by atoms with Gasteiger partial charge in [0.15, 0.2) is 0 Å². The SMILES string of the molecule is N=C(N)c1ccc(CN)cn1. The Hall–Kier alpha value is -1.42. The highest BCUT2D eigenvalue weighted by molar-refractivity contribution is 5.92. The van der Waals surface area contributed by atoms with Gasteiger partial charge in [-0.15, -0.1) is 0 Å². The zero-order valence-corrected chi connectivity index (χ0v) is 6.04. The lowest BCUT2D eigenvalue weighted by Gasteiger charge is -1.97. The highest BCUT2D eigenvalue weighted by atomic mass is 14.8. The van der Waals surface area contributed by atoms with Crippen LogP contribution < -0.4 is 11.5 Å². The Morgan fingerprint density at radius 1 is 1.55 bits per heavy atom. The molecule has 0 aromatic carbocycles. The third kappa shape index (κ3) is 1.75. The molecule has 1 heterocycles. The van der Waals surface area contributed by atoms with Crippen molar-refractivity contribution < 1.29 is 0 Å². The summed E-state index contributed by atoms with van der Waals surface area (Å²) in [5, 5.41) is 7.05. The Morgan fingerprint density at radius 3 is 2.64 bits per heavy atom. The Kier molecular flexibility index (Phi) is 2.18. The van der Waals surface area contributed by atoms with Gasteiger partial charge in [0, 0.05) is 12.7 Å². The minimum atomic E-state index is -0.0198. The highest BCUT2D eigenvalue weighted by Crippen LogP contribution is 1.97. The first-order valence-corrected chi connectivity index (χ1v) is 3.23. The van der Waals surface area contributed by atoms with Crippen molar-refractivity contribution in [3.05, 3.63) is 29.6 Å². The number of nitrogen functional groups attached to an aromatic ring is 1. The smallest absolute Gasteiger partial charge is 0.141 e. The van der Waals surface area contributed by atoms with Crippen LogP contribution in [0.4, 0.5) is 0 Å². The maximum atomic E-state index is 7.05. The minimum absolute atomic E-state index is 0.0198. The van der Waals surface area contributed by atoms with E-state index < -0.39 is 0 Å². The molecule has 0 amide bonds. The lowest BCUT2D eigenvalue weighted by molar-refractivity contribution is 1.04. The van der Waals surface area contributed by atoms with Gasteiger partial charge < -0.3 is 11.5 Å². The number of pyridine rings is 1. The van der Waals surface area contributed by atoms with Gasteiger partial charge in [0.25, 0.3) is 0 Å². The molecule has 0 atom stereocenters. The molecule has 0 saturated carbocycles. The lowest BCUT2D eigenvalue weighted by Crippen LogP contribution is -2.13. The van der Waals surface area contributed by atoms with Crippen LogP contribution in [0, 0.1) is 5.41 Å². The van der Waals surface area contributed by atoms with Crippen molar-refractivity contribution >= 4 is 5.84 Å². The second kappa shape index (κ2) is 3.12. The summed E-state index contributed by atoms with van der Waals surface area (Å²) in [6, 6.07) is 3.49.